The van der Waals surface area contributed by atoms with Crippen LogP contribution in [0.3, 0.4) is 0 Å². The Bertz CT molecular complexity index is 1010. The predicted molar refractivity (Wildman–Crippen MR) is 129 cm³/mol. The van der Waals surface area contributed by atoms with Gasteiger partial charge in [-0.15, -0.1) is 0 Å². The van der Waals surface area contributed by atoms with Crippen molar-refractivity contribution >= 4 is 17.9 Å². The topological polar surface area (TPSA) is 80.1 Å². The summed E-state index contributed by atoms with van der Waals surface area (Å²) in [6.45, 7) is 11.3. The van der Waals surface area contributed by atoms with Crippen molar-refractivity contribution in [3.05, 3.63) is 42.1 Å². The lowest BCUT2D eigenvalue weighted by Gasteiger charge is -2.38. The second kappa shape index (κ2) is 9.66. The summed E-state index contributed by atoms with van der Waals surface area (Å²) >= 11 is 0. The highest BCUT2D eigenvalue weighted by molar-refractivity contribution is 5.82. The van der Waals surface area contributed by atoms with Gasteiger partial charge in [0, 0.05) is 44.8 Å². The van der Waals surface area contributed by atoms with E-state index in [9.17, 15) is 9.59 Å². The van der Waals surface area contributed by atoms with Crippen molar-refractivity contribution in [2.45, 2.75) is 51.8 Å². The Labute approximate surface area is 201 Å². The van der Waals surface area contributed by atoms with E-state index in [2.05, 4.69) is 28.0 Å². The number of anilines is 1. The first-order chi connectivity index (χ1) is 16.2. The molecule has 1 aromatic carbocycles. The summed E-state index contributed by atoms with van der Waals surface area (Å²) in [5.41, 5.74) is 1.39. The molecule has 2 atom stereocenters. The fourth-order valence-corrected chi connectivity index (χ4v) is 4.75. The van der Waals surface area contributed by atoms with E-state index in [1.165, 1.54) is 12.0 Å². The number of likely N-dealkylation sites (tertiary alicyclic amines) is 1. The molecule has 0 spiro atoms. The van der Waals surface area contributed by atoms with Gasteiger partial charge < -0.3 is 14.4 Å². The maximum Gasteiger partial charge on any atom is 0.411 e. The van der Waals surface area contributed by atoms with Gasteiger partial charge in [-0.1, -0.05) is 18.2 Å². The van der Waals surface area contributed by atoms with Crippen molar-refractivity contribution < 1.29 is 19.1 Å². The molecule has 2 aliphatic rings. The van der Waals surface area contributed by atoms with Gasteiger partial charge in [-0.25, -0.2) is 14.3 Å². The highest BCUT2D eigenvalue weighted by Gasteiger charge is 2.44. The van der Waals surface area contributed by atoms with Gasteiger partial charge in [-0.2, -0.15) is 5.10 Å². The van der Waals surface area contributed by atoms with Crippen LogP contribution in [0.2, 0.25) is 0 Å². The molecule has 2 unspecified atom stereocenters. The third-order valence-electron chi connectivity index (χ3n) is 6.35. The summed E-state index contributed by atoms with van der Waals surface area (Å²) in [6, 6.07) is 11.7. The number of hydrogen-bond donors (Lipinski definition) is 0. The summed E-state index contributed by atoms with van der Waals surface area (Å²) in [7, 11) is 1.36. The van der Waals surface area contributed by atoms with Crippen LogP contribution in [0, 0.1) is 6.92 Å². The highest BCUT2D eigenvalue weighted by atomic mass is 16.6. The molecule has 4 rings (SSSR count). The molecule has 9 heteroatoms. The molecule has 34 heavy (non-hydrogen) atoms. The third-order valence-corrected chi connectivity index (χ3v) is 6.35. The number of aryl methyl sites for hydroxylation is 1. The van der Waals surface area contributed by atoms with E-state index < -0.39 is 23.7 Å². The van der Waals surface area contributed by atoms with Gasteiger partial charge in [-0.05, 0) is 46.2 Å². The fraction of sp³-hybridized carbons (Fsp3) is 0.560. The van der Waals surface area contributed by atoms with Crippen LogP contribution in [0.4, 0.5) is 10.6 Å². The molecule has 2 aromatic rings. The monoisotopic (exact) mass is 469 g/mol. The number of amides is 1. The highest BCUT2D eigenvalue weighted by Crippen LogP contribution is 2.28. The summed E-state index contributed by atoms with van der Waals surface area (Å²) in [6.07, 6.45) is 0.0822. The van der Waals surface area contributed by atoms with Crippen molar-refractivity contribution in [2.75, 3.05) is 44.7 Å². The van der Waals surface area contributed by atoms with Crippen molar-refractivity contribution in [3.63, 3.8) is 0 Å². The van der Waals surface area contributed by atoms with Crippen LogP contribution >= 0.6 is 0 Å². The number of carbonyl (C=O) groups excluding carboxylic acids is 2. The van der Waals surface area contributed by atoms with Gasteiger partial charge in [0.05, 0.1) is 18.5 Å². The molecule has 0 aliphatic carbocycles. The number of esters is 1. The molecular weight excluding hydrogens is 434 g/mol. The van der Waals surface area contributed by atoms with E-state index in [1.807, 2.05) is 50.6 Å². The fourth-order valence-electron chi connectivity index (χ4n) is 4.75. The zero-order valence-electron chi connectivity index (χ0n) is 20.7. The van der Waals surface area contributed by atoms with Crippen LogP contribution in [-0.4, -0.2) is 89.2 Å². The van der Waals surface area contributed by atoms with E-state index in [0.29, 0.717) is 13.0 Å². The molecule has 9 nitrogen and oxygen atoms in total. The van der Waals surface area contributed by atoms with Gasteiger partial charge in [0.1, 0.15) is 17.5 Å². The molecule has 2 fully saturated rings. The minimum atomic E-state index is -0.624. The van der Waals surface area contributed by atoms with Crippen LogP contribution in [0.25, 0.3) is 5.69 Å². The number of aromatic nitrogens is 2. The number of para-hydroxylation sites is 1. The molecule has 0 radical (unpaired) electrons. The Kier molecular flexibility index (Phi) is 6.84. The molecular formula is C25H35N5O4. The largest absolute Gasteiger partial charge is 0.467 e. The molecule has 2 aliphatic heterocycles. The number of piperazine rings is 1. The molecule has 0 saturated carbocycles. The summed E-state index contributed by atoms with van der Waals surface area (Å²) in [5.74, 6) is 0.687. The van der Waals surface area contributed by atoms with Crippen LogP contribution in [-0.2, 0) is 14.3 Å². The van der Waals surface area contributed by atoms with Gasteiger partial charge >= 0.3 is 12.1 Å². The van der Waals surface area contributed by atoms with Crippen LogP contribution in [0.15, 0.2) is 36.4 Å². The molecule has 3 heterocycles. The van der Waals surface area contributed by atoms with Gasteiger partial charge in [-0.3, -0.25) is 9.80 Å². The predicted octanol–water partition coefficient (Wildman–Crippen LogP) is 2.85. The first-order valence-corrected chi connectivity index (χ1v) is 11.8. The molecule has 0 bridgehead atoms. The Morgan fingerprint density at radius 3 is 2.35 bits per heavy atom. The maximum atomic E-state index is 12.8. The number of nitrogens with zero attached hydrogens (tertiary/aromatic N) is 5. The first kappa shape index (κ1) is 24.1. The van der Waals surface area contributed by atoms with Gasteiger partial charge in [0.25, 0.3) is 0 Å². The zero-order chi connectivity index (χ0) is 24.5. The zero-order valence-corrected chi connectivity index (χ0v) is 20.7. The molecule has 0 N–H and O–H groups in total. The first-order valence-electron chi connectivity index (χ1n) is 11.8. The lowest BCUT2D eigenvalue weighted by atomic mass is 10.1. The minimum absolute atomic E-state index is 0.0829. The van der Waals surface area contributed by atoms with E-state index in [-0.39, 0.29) is 6.04 Å². The summed E-state index contributed by atoms with van der Waals surface area (Å²) in [4.78, 5) is 31.5. The SMILES string of the molecule is COC(=O)C1CC(N2CCN(c3cc(C)nn3-c3ccccc3)CC2)CN1C(=O)OC(C)(C)C. The van der Waals surface area contributed by atoms with E-state index in [0.717, 1.165) is 43.4 Å². The average Bonchev–Trinajstić information content (AvgIpc) is 3.42. The van der Waals surface area contributed by atoms with Crippen LogP contribution in [0.5, 0.6) is 0 Å². The number of rotatable bonds is 4. The Morgan fingerprint density at radius 2 is 1.74 bits per heavy atom. The quantitative estimate of drug-likeness (QED) is 0.637. The Hall–Kier alpha value is -3.07. The second-order valence-corrected chi connectivity index (χ2v) is 9.98. The van der Waals surface area contributed by atoms with E-state index >= 15 is 0 Å². The average molecular weight is 470 g/mol. The number of methoxy groups -OCH3 is 1. The molecule has 184 valence electrons. The van der Waals surface area contributed by atoms with Crippen LogP contribution in [0.1, 0.15) is 32.9 Å². The standard InChI is InChI=1S/C25H35N5O4/c1-18-15-22(30(26-18)19-9-7-6-8-10-19)28-13-11-27(12-14-28)20-16-21(23(31)33-5)29(17-20)24(32)34-25(2,3)4/h6-10,15,20-21H,11-14,16-17H2,1-5H3. The minimum Gasteiger partial charge on any atom is -0.467 e. The van der Waals surface area contributed by atoms with Crippen molar-refractivity contribution in [3.8, 4) is 5.69 Å². The smallest absolute Gasteiger partial charge is 0.411 e. The summed E-state index contributed by atoms with van der Waals surface area (Å²) < 4.78 is 12.5. The Morgan fingerprint density at radius 1 is 1.06 bits per heavy atom. The summed E-state index contributed by atoms with van der Waals surface area (Å²) in [5, 5.41) is 4.70. The normalized spacial score (nSPS) is 21.6. The third kappa shape index (κ3) is 5.19. The van der Waals surface area contributed by atoms with Crippen LogP contribution < -0.4 is 4.90 Å². The Balaban J connectivity index is 1.44. The van der Waals surface area contributed by atoms with E-state index in [4.69, 9.17) is 14.6 Å². The van der Waals surface area contributed by atoms with Crippen molar-refractivity contribution in [2.24, 2.45) is 0 Å². The lowest BCUT2D eigenvalue weighted by Crippen LogP contribution is -2.51. The maximum absolute atomic E-state index is 12.8. The van der Waals surface area contributed by atoms with Gasteiger partial charge in [0.15, 0.2) is 0 Å². The molecule has 1 amide bonds. The lowest BCUT2D eigenvalue weighted by molar-refractivity contribution is -0.145. The van der Waals surface area contributed by atoms with E-state index in [1.54, 1.807) is 0 Å². The van der Waals surface area contributed by atoms with Crippen molar-refractivity contribution in [1.82, 2.24) is 19.6 Å². The number of carbonyl (C=O) groups is 2. The van der Waals surface area contributed by atoms with Gasteiger partial charge in [0.2, 0.25) is 0 Å². The second-order valence-electron chi connectivity index (χ2n) is 9.98. The molecule has 1 aromatic heterocycles. The number of benzene rings is 1. The molecule has 2 saturated heterocycles. The number of hydrogen-bond acceptors (Lipinski definition) is 7. The number of ether oxygens (including phenoxy) is 2. The van der Waals surface area contributed by atoms with Crippen molar-refractivity contribution in [1.29, 1.82) is 0 Å².